The summed E-state index contributed by atoms with van der Waals surface area (Å²) >= 11 is 0. The standard InChI is InChI=1S/C19H16FNO3/c20-15-6-8-16(9-7-15)23-13-17-10-11-18(24-17)19(22)21-12-14-4-2-1-3-5-14/h1-11H,12-13H2,(H,21,22). The number of carbonyl (C=O) groups excluding carboxylic acids is 1. The Balaban J connectivity index is 1.52. The van der Waals surface area contributed by atoms with Crippen LogP contribution < -0.4 is 10.1 Å². The first-order valence-electron chi connectivity index (χ1n) is 7.50. The average Bonchev–Trinajstić information content (AvgIpc) is 3.09. The lowest BCUT2D eigenvalue weighted by Crippen LogP contribution is -2.22. The fourth-order valence-electron chi connectivity index (χ4n) is 2.13. The van der Waals surface area contributed by atoms with Gasteiger partial charge in [-0.15, -0.1) is 0 Å². The highest BCUT2D eigenvalue weighted by atomic mass is 19.1. The van der Waals surface area contributed by atoms with Gasteiger partial charge >= 0.3 is 0 Å². The van der Waals surface area contributed by atoms with Gasteiger partial charge in [-0.3, -0.25) is 4.79 Å². The van der Waals surface area contributed by atoms with Gasteiger partial charge in [0, 0.05) is 6.54 Å². The van der Waals surface area contributed by atoms with Crippen LogP contribution in [0.5, 0.6) is 5.75 Å². The van der Waals surface area contributed by atoms with Crippen LogP contribution in [0.3, 0.4) is 0 Å². The minimum atomic E-state index is -0.322. The predicted octanol–water partition coefficient (Wildman–Crippen LogP) is 3.93. The van der Waals surface area contributed by atoms with Crippen molar-refractivity contribution in [3.8, 4) is 5.75 Å². The third kappa shape index (κ3) is 4.23. The molecule has 0 aliphatic carbocycles. The van der Waals surface area contributed by atoms with E-state index in [0.29, 0.717) is 18.1 Å². The molecule has 0 unspecified atom stereocenters. The monoisotopic (exact) mass is 325 g/mol. The molecule has 2 aromatic carbocycles. The van der Waals surface area contributed by atoms with Crippen molar-refractivity contribution in [2.75, 3.05) is 0 Å². The molecule has 5 heteroatoms. The van der Waals surface area contributed by atoms with Crippen LogP contribution in [0.4, 0.5) is 4.39 Å². The van der Waals surface area contributed by atoms with Crippen molar-refractivity contribution in [3.05, 3.63) is 89.6 Å². The number of halogens is 1. The smallest absolute Gasteiger partial charge is 0.287 e. The van der Waals surface area contributed by atoms with Gasteiger partial charge in [0.25, 0.3) is 5.91 Å². The van der Waals surface area contributed by atoms with Crippen LogP contribution in [0.1, 0.15) is 21.9 Å². The minimum Gasteiger partial charge on any atom is -0.486 e. The molecular formula is C19H16FNO3. The SMILES string of the molecule is O=C(NCc1ccccc1)c1ccc(COc2ccc(F)cc2)o1. The third-order valence-electron chi connectivity index (χ3n) is 3.38. The molecule has 1 heterocycles. The Labute approximate surface area is 138 Å². The topological polar surface area (TPSA) is 51.5 Å². The van der Waals surface area contributed by atoms with Gasteiger partial charge in [0.05, 0.1) is 0 Å². The largest absolute Gasteiger partial charge is 0.486 e. The summed E-state index contributed by atoms with van der Waals surface area (Å²) in [5, 5.41) is 2.79. The van der Waals surface area contributed by atoms with E-state index in [-0.39, 0.29) is 24.1 Å². The molecule has 0 fully saturated rings. The molecule has 0 saturated heterocycles. The van der Waals surface area contributed by atoms with Crippen LogP contribution in [0.25, 0.3) is 0 Å². The van der Waals surface area contributed by atoms with Gasteiger partial charge in [0.1, 0.15) is 23.9 Å². The highest BCUT2D eigenvalue weighted by Crippen LogP contribution is 2.15. The van der Waals surface area contributed by atoms with Gasteiger partial charge in [0.15, 0.2) is 5.76 Å². The quantitative estimate of drug-likeness (QED) is 0.747. The van der Waals surface area contributed by atoms with Crippen molar-refractivity contribution in [1.29, 1.82) is 0 Å². The van der Waals surface area contributed by atoms with Gasteiger partial charge < -0.3 is 14.5 Å². The van der Waals surface area contributed by atoms with E-state index < -0.39 is 0 Å². The van der Waals surface area contributed by atoms with Gasteiger partial charge in [-0.1, -0.05) is 30.3 Å². The molecule has 0 saturated carbocycles. The van der Waals surface area contributed by atoms with Crippen LogP contribution in [0.2, 0.25) is 0 Å². The van der Waals surface area contributed by atoms with E-state index in [0.717, 1.165) is 5.56 Å². The van der Waals surface area contributed by atoms with Crippen LogP contribution in [0.15, 0.2) is 71.1 Å². The van der Waals surface area contributed by atoms with E-state index in [1.54, 1.807) is 12.1 Å². The molecule has 1 amide bonds. The lowest BCUT2D eigenvalue weighted by molar-refractivity contribution is 0.0919. The maximum absolute atomic E-state index is 12.8. The molecule has 24 heavy (non-hydrogen) atoms. The Morgan fingerprint density at radius 3 is 2.50 bits per heavy atom. The molecule has 1 aromatic heterocycles. The zero-order chi connectivity index (χ0) is 16.8. The number of hydrogen-bond donors (Lipinski definition) is 1. The molecule has 0 atom stereocenters. The third-order valence-corrected chi connectivity index (χ3v) is 3.38. The number of ether oxygens (including phenoxy) is 1. The molecule has 1 N–H and O–H groups in total. The van der Waals surface area contributed by atoms with Gasteiger partial charge in [-0.25, -0.2) is 4.39 Å². The summed E-state index contributed by atoms with van der Waals surface area (Å²) < 4.78 is 23.8. The summed E-state index contributed by atoms with van der Waals surface area (Å²) in [6, 6.07) is 18.6. The van der Waals surface area contributed by atoms with E-state index in [1.807, 2.05) is 30.3 Å². The number of nitrogens with one attached hydrogen (secondary N) is 1. The van der Waals surface area contributed by atoms with Crippen LogP contribution >= 0.6 is 0 Å². The Hall–Kier alpha value is -3.08. The summed E-state index contributed by atoms with van der Waals surface area (Å²) in [5.41, 5.74) is 1.01. The van der Waals surface area contributed by atoms with Crippen LogP contribution in [-0.2, 0) is 13.2 Å². The number of hydrogen-bond acceptors (Lipinski definition) is 3. The Kier molecular flexibility index (Phi) is 4.91. The van der Waals surface area contributed by atoms with Gasteiger partial charge in [0.2, 0.25) is 0 Å². The van der Waals surface area contributed by atoms with Crippen LogP contribution in [0, 0.1) is 5.82 Å². The molecule has 0 radical (unpaired) electrons. The molecule has 3 aromatic rings. The van der Waals surface area contributed by atoms with Crippen molar-refractivity contribution >= 4 is 5.91 Å². The minimum absolute atomic E-state index is 0.164. The van der Waals surface area contributed by atoms with E-state index in [9.17, 15) is 9.18 Å². The first-order valence-corrected chi connectivity index (χ1v) is 7.50. The maximum Gasteiger partial charge on any atom is 0.287 e. The van der Waals surface area contributed by atoms with E-state index in [1.165, 1.54) is 24.3 Å². The second kappa shape index (κ2) is 7.46. The number of furan rings is 1. The van der Waals surface area contributed by atoms with Gasteiger partial charge in [-0.05, 0) is 42.0 Å². The lowest BCUT2D eigenvalue weighted by Gasteiger charge is -2.04. The van der Waals surface area contributed by atoms with Crippen LogP contribution in [-0.4, -0.2) is 5.91 Å². The van der Waals surface area contributed by atoms with Crippen molar-refractivity contribution < 1.29 is 18.3 Å². The Morgan fingerprint density at radius 2 is 1.75 bits per heavy atom. The van der Waals surface area contributed by atoms with E-state index in [4.69, 9.17) is 9.15 Å². The molecular weight excluding hydrogens is 309 g/mol. The molecule has 0 aliphatic rings. The van der Waals surface area contributed by atoms with Gasteiger partial charge in [-0.2, -0.15) is 0 Å². The predicted molar refractivity (Wildman–Crippen MR) is 87.1 cm³/mol. The highest BCUT2D eigenvalue weighted by Gasteiger charge is 2.11. The molecule has 4 nitrogen and oxygen atoms in total. The summed E-state index contributed by atoms with van der Waals surface area (Å²) in [4.78, 5) is 12.1. The molecule has 122 valence electrons. The number of benzene rings is 2. The second-order valence-electron chi connectivity index (χ2n) is 5.18. The Morgan fingerprint density at radius 1 is 1.00 bits per heavy atom. The molecule has 0 spiro atoms. The fraction of sp³-hybridized carbons (Fsp3) is 0.105. The normalized spacial score (nSPS) is 10.4. The molecule has 0 bridgehead atoms. The summed E-state index contributed by atoms with van der Waals surface area (Å²) in [6.07, 6.45) is 0. The molecule has 3 rings (SSSR count). The average molecular weight is 325 g/mol. The first kappa shape index (κ1) is 15.8. The summed E-state index contributed by atoms with van der Waals surface area (Å²) in [5.74, 6) is 0.667. The Bertz CT molecular complexity index is 797. The molecule has 0 aliphatic heterocycles. The maximum atomic E-state index is 12.8. The van der Waals surface area contributed by atoms with E-state index in [2.05, 4.69) is 5.32 Å². The lowest BCUT2D eigenvalue weighted by atomic mass is 10.2. The fourth-order valence-corrected chi connectivity index (χ4v) is 2.13. The number of amides is 1. The second-order valence-corrected chi connectivity index (χ2v) is 5.18. The summed E-state index contributed by atoms with van der Waals surface area (Å²) in [6.45, 7) is 0.597. The summed E-state index contributed by atoms with van der Waals surface area (Å²) in [7, 11) is 0. The van der Waals surface area contributed by atoms with Crippen molar-refractivity contribution in [1.82, 2.24) is 5.32 Å². The van der Waals surface area contributed by atoms with E-state index >= 15 is 0 Å². The number of carbonyl (C=O) groups is 1. The van der Waals surface area contributed by atoms with Crippen molar-refractivity contribution in [2.45, 2.75) is 13.2 Å². The highest BCUT2D eigenvalue weighted by molar-refractivity contribution is 5.91. The zero-order valence-electron chi connectivity index (χ0n) is 12.9. The first-order chi connectivity index (χ1) is 11.7. The van der Waals surface area contributed by atoms with Crippen molar-refractivity contribution in [3.63, 3.8) is 0 Å². The number of rotatable bonds is 6. The van der Waals surface area contributed by atoms with Crippen molar-refractivity contribution in [2.24, 2.45) is 0 Å². The zero-order valence-corrected chi connectivity index (χ0v) is 12.9.